The first-order valence-electron chi connectivity index (χ1n) is 5.48. The molecule has 1 aromatic rings. The van der Waals surface area contributed by atoms with Gasteiger partial charge in [-0.2, -0.15) is 0 Å². The molecule has 0 aromatic carbocycles. The molecule has 0 spiro atoms. The van der Waals surface area contributed by atoms with Crippen molar-refractivity contribution in [2.75, 3.05) is 6.54 Å². The molecule has 7 heteroatoms. The summed E-state index contributed by atoms with van der Waals surface area (Å²) in [6.45, 7) is 5.50. The van der Waals surface area contributed by atoms with Gasteiger partial charge in [0.2, 0.25) is 5.15 Å². The zero-order chi connectivity index (χ0) is 14.1. The van der Waals surface area contributed by atoms with E-state index in [4.69, 9.17) is 23.1 Å². The standard InChI is InChI=1S/C11H17ClN4O2/c1-6-7(2)15-10(12)9(16(17)18)8(6)4-11(3,14)5-13/h4-5,13-14H2,1-3H3. The minimum absolute atomic E-state index is 0.106. The molecule has 0 fully saturated rings. The second-order valence-corrected chi connectivity index (χ2v) is 5.09. The van der Waals surface area contributed by atoms with Gasteiger partial charge in [0.15, 0.2) is 0 Å². The van der Waals surface area contributed by atoms with Crippen LogP contribution in [0.2, 0.25) is 5.15 Å². The molecular weight excluding hydrogens is 256 g/mol. The summed E-state index contributed by atoms with van der Waals surface area (Å²) in [5.41, 5.74) is 12.5. The average molecular weight is 273 g/mol. The zero-order valence-corrected chi connectivity index (χ0v) is 11.4. The lowest BCUT2D eigenvalue weighted by Gasteiger charge is -2.23. The monoisotopic (exact) mass is 272 g/mol. The van der Waals surface area contributed by atoms with E-state index in [1.54, 1.807) is 20.8 Å². The van der Waals surface area contributed by atoms with Crippen LogP contribution in [0.1, 0.15) is 23.7 Å². The van der Waals surface area contributed by atoms with Gasteiger partial charge in [-0.1, -0.05) is 11.6 Å². The van der Waals surface area contributed by atoms with Crippen molar-refractivity contribution in [3.63, 3.8) is 0 Å². The van der Waals surface area contributed by atoms with Crippen LogP contribution in [0.15, 0.2) is 0 Å². The predicted molar refractivity (Wildman–Crippen MR) is 70.7 cm³/mol. The number of nitrogens with two attached hydrogens (primary N) is 2. The number of nitrogens with zero attached hydrogens (tertiary/aromatic N) is 2. The van der Waals surface area contributed by atoms with Crippen LogP contribution in [0.5, 0.6) is 0 Å². The highest BCUT2D eigenvalue weighted by molar-refractivity contribution is 6.31. The van der Waals surface area contributed by atoms with Gasteiger partial charge in [-0.05, 0) is 32.8 Å². The Morgan fingerprint density at radius 3 is 2.50 bits per heavy atom. The summed E-state index contributed by atoms with van der Waals surface area (Å²) < 4.78 is 0. The Bertz CT molecular complexity index is 488. The summed E-state index contributed by atoms with van der Waals surface area (Å²) in [4.78, 5) is 14.5. The lowest BCUT2D eigenvalue weighted by Crippen LogP contribution is -2.46. The minimum atomic E-state index is -0.716. The van der Waals surface area contributed by atoms with Crippen LogP contribution in [0, 0.1) is 24.0 Å². The molecule has 0 amide bonds. The van der Waals surface area contributed by atoms with Crippen LogP contribution in [-0.4, -0.2) is 22.0 Å². The smallest absolute Gasteiger partial charge is 0.309 e. The molecule has 4 N–H and O–H groups in total. The average Bonchev–Trinajstić information content (AvgIpc) is 2.24. The van der Waals surface area contributed by atoms with E-state index < -0.39 is 10.5 Å². The molecular formula is C11H17ClN4O2. The van der Waals surface area contributed by atoms with Crippen molar-refractivity contribution < 1.29 is 4.92 Å². The van der Waals surface area contributed by atoms with Gasteiger partial charge in [0.1, 0.15) is 0 Å². The number of hydrogen-bond donors (Lipinski definition) is 2. The number of nitro groups is 1. The third-order valence-corrected chi connectivity index (χ3v) is 3.24. The van der Waals surface area contributed by atoms with E-state index in [0.717, 1.165) is 5.56 Å². The highest BCUT2D eigenvalue weighted by Crippen LogP contribution is 2.32. The summed E-state index contributed by atoms with van der Waals surface area (Å²) in [6.07, 6.45) is 0.286. The molecule has 0 aliphatic rings. The Morgan fingerprint density at radius 2 is 2.06 bits per heavy atom. The first-order chi connectivity index (χ1) is 8.19. The van der Waals surface area contributed by atoms with E-state index in [1.807, 2.05) is 0 Å². The fourth-order valence-corrected chi connectivity index (χ4v) is 1.99. The van der Waals surface area contributed by atoms with Gasteiger partial charge < -0.3 is 11.5 Å². The fourth-order valence-electron chi connectivity index (χ4n) is 1.68. The van der Waals surface area contributed by atoms with Crippen molar-refractivity contribution in [1.82, 2.24) is 4.98 Å². The second kappa shape index (κ2) is 5.17. The normalized spacial score (nSPS) is 14.3. The largest absolute Gasteiger partial charge is 0.329 e. The molecule has 1 rings (SSSR count). The fraction of sp³-hybridized carbons (Fsp3) is 0.545. The molecule has 100 valence electrons. The zero-order valence-electron chi connectivity index (χ0n) is 10.7. The van der Waals surface area contributed by atoms with Crippen LogP contribution in [0.4, 0.5) is 5.69 Å². The number of pyridine rings is 1. The first kappa shape index (κ1) is 14.8. The van der Waals surface area contributed by atoms with E-state index in [-0.39, 0.29) is 23.8 Å². The van der Waals surface area contributed by atoms with Gasteiger partial charge in [0, 0.05) is 23.3 Å². The number of aryl methyl sites for hydroxylation is 1. The minimum Gasteiger partial charge on any atom is -0.329 e. The molecule has 0 saturated heterocycles. The van der Waals surface area contributed by atoms with Crippen molar-refractivity contribution in [2.45, 2.75) is 32.7 Å². The molecule has 18 heavy (non-hydrogen) atoms. The predicted octanol–water partition coefficient (Wildman–Crippen LogP) is 1.48. The van der Waals surface area contributed by atoms with Crippen LogP contribution in [0.3, 0.4) is 0 Å². The Balaban J connectivity index is 3.44. The first-order valence-corrected chi connectivity index (χ1v) is 5.86. The summed E-state index contributed by atoms with van der Waals surface area (Å²) >= 11 is 5.85. The number of halogens is 1. The molecule has 1 heterocycles. The molecule has 0 bridgehead atoms. The molecule has 0 aliphatic carbocycles. The van der Waals surface area contributed by atoms with E-state index in [9.17, 15) is 10.1 Å². The molecule has 0 saturated carbocycles. The Labute approximate surface area is 110 Å². The topological polar surface area (TPSA) is 108 Å². The van der Waals surface area contributed by atoms with Crippen molar-refractivity contribution in [3.8, 4) is 0 Å². The molecule has 6 nitrogen and oxygen atoms in total. The summed E-state index contributed by atoms with van der Waals surface area (Å²) in [7, 11) is 0. The molecule has 0 radical (unpaired) electrons. The maximum atomic E-state index is 11.1. The highest BCUT2D eigenvalue weighted by Gasteiger charge is 2.28. The van der Waals surface area contributed by atoms with Gasteiger partial charge in [-0.3, -0.25) is 10.1 Å². The lowest BCUT2D eigenvalue weighted by atomic mass is 9.90. The Hall–Kier alpha value is -1.24. The molecule has 1 unspecified atom stereocenters. The maximum Gasteiger partial charge on any atom is 0.309 e. The third kappa shape index (κ3) is 2.95. The number of rotatable bonds is 4. The SMILES string of the molecule is Cc1nc(Cl)c([N+](=O)[O-])c(CC(C)(N)CN)c1C. The lowest BCUT2D eigenvalue weighted by molar-refractivity contribution is -0.385. The number of hydrogen-bond acceptors (Lipinski definition) is 5. The van der Waals surface area contributed by atoms with Crippen molar-refractivity contribution in [1.29, 1.82) is 0 Å². The third-order valence-electron chi connectivity index (χ3n) is 2.97. The summed E-state index contributed by atoms with van der Waals surface area (Å²) in [5.74, 6) is 0. The van der Waals surface area contributed by atoms with Crippen LogP contribution >= 0.6 is 11.6 Å². The Morgan fingerprint density at radius 1 is 1.50 bits per heavy atom. The van der Waals surface area contributed by atoms with E-state index in [0.29, 0.717) is 11.3 Å². The summed E-state index contributed by atoms with van der Waals surface area (Å²) in [6, 6.07) is 0. The molecule has 1 aromatic heterocycles. The van der Waals surface area contributed by atoms with Crippen LogP contribution in [0.25, 0.3) is 0 Å². The van der Waals surface area contributed by atoms with E-state index in [2.05, 4.69) is 4.98 Å². The Kier molecular flexibility index (Phi) is 4.26. The van der Waals surface area contributed by atoms with Crippen molar-refractivity contribution in [3.05, 3.63) is 32.1 Å². The van der Waals surface area contributed by atoms with Crippen molar-refractivity contribution in [2.24, 2.45) is 11.5 Å². The summed E-state index contributed by atoms with van der Waals surface area (Å²) in [5, 5.41) is 11.0. The van der Waals surface area contributed by atoms with E-state index >= 15 is 0 Å². The highest BCUT2D eigenvalue weighted by atomic mass is 35.5. The van der Waals surface area contributed by atoms with Gasteiger partial charge >= 0.3 is 5.69 Å². The van der Waals surface area contributed by atoms with Crippen LogP contribution < -0.4 is 11.5 Å². The second-order valence-electron chi connectivity index (χ2n) is 4.73. The van der Waals surface area contributed by atoms with Gasteiger partial charge in [-0.15, -0.1) is 0 Å². The quantitative estimate of drug-likeness (QED) is 0.490. The van der Waals surface area contributed by atoms with Crippen molar-refractivity contribution >= 4 is 17.3 Å². The van der Waals surface area contributed by atoms with E-state index in [1.165, 1.54) is 0 Å². The van der Waals surface area contributed by atoms with Crippen LogP contribution in [-0.2, 0) is 6.42 Å². The number of aromatic nitrogens is 1. The molecule has 1 atom stereocenters. The van der Waals surface area contributed by atoms with Gasteiger partial charge in [0.25, 0.3) is 0 Å². The van der Waals surface area contributed by atoms with Gasteiger partial charge in [-0.25, -0.2) is 4.98 Å². The maximum absolute atomic E-state index is 11.1. The van der Waals surface area contributed by atoms with Gasteiger partial charge in [0.05, 0.1) is 4.92 Å². The molecule has 0 aliphatic heterocycles.